The normalized spacial score (nSPS) is 14.0. The summed E-state index contributed by atoms with van der Waals surface area (Å²) >= 11 is 0. The summed E-state index contributed by atoms with van der Waals surface area (Å²) < 4.78 is 19.5. The summed E-state index contributed by atoms with van der Waals surface area (Å²) in [5.41, 5.74) is 2.26. The van der Waals surface area contributed by atoms with Crippen LogP contribution >= 0.6 is 0 Å². The molecule has 0 saturated carbocycles. The van der Waals surface area contributed by atoms with Crippen LogP contribution in [-0.2, 0) is 0 Å². The molecule has 25 heavy (non-hydrogen) atoms. The highest BCUT2D eigenvalue weighted by Gasteiger charge is 2.23. The molecule has 0 atom stereocenters. The van der Waals surface area contributed by atoms with Gasteiger partial charge in [-0.2, -0.15) is 4.98 Å². The van der Waals surface area contributed by atoms with Crippen LogP contribution in [-0.4, -0.2) is 34.2 Å². The third-order valence-corrected chi connectivity index (χ3v) is 3.92. The zero-order chi connectivity index (χ0) is 17.4. The van der Waals surface area contributed by atoms with Crippen molar-refractivity contribution >= 4 is 11.7 Å². The molecule has 1 N–H and O–H groups in total. The zero-order valence-electron chi connectivity index (χ0n) is 13.4. The van der Waals surface area contributed by atoms with Crippen molar-refractivity contribution in [1.29, 1.82) is 0 Å². The van der Waals surface area contributed by atoms with Crippen molar-refractivity contribution in [2.75, 3.05) is 18.0 Å². The van der Waals surface area contributed by atoms with Crippen molar-refractivity contribution in [3.05, 3.63) is 47.9 Å². The number of hydrogen-bond donors (Lipinski definition) is 1. The molecule has 1 fully saturated rings. The number of aromatic nitrogens is 3. The van der Waals surface area contributed by atoms with Crippen molar-refractivity contribution in [1.82, 2.24) is 20.4 Å². The van der Waals surface area contributed by atoms with E-state index in [1.807, 2.05) is 19.1 Å². The highest BCUT2D eigenvalue weighted by Crippen LogP contribution is 2.28. The van der Waals surface area contributed by atoms with E-state index in [4.69, 9.17) is 4.52 Å². The molecular formula is C17H14FN5O2. The van der Waals surface area contributed by atoms with Gasteiger partial charge in [0.2, 0.25) is 5.82 Å². The first-order chi connectivity index (χ1) is 12.1. The maximum absolute atomic E-state index is 14.3. The molecule has 7 nitrogen and oxygen atoms in total. The molecule has 2 aromatic heterocycles. The number of pyridine rings is 1. The fourth-order valence-electron chi connectivity index (χ4n) is 2.66. The van der Waals surface area contributed by atoms with Crippen LogP contribution in [0.25, 0.3) is 23.0 Å². The summed E-state index contributed by atoms with van der Waals surface area (Å²) in [6.45, 7) is 3.00. The van der Waals surface area contributed by atoms with Crippen LogP contribution in [0.3, 0.4) is 0 Å². The second kappa shape index (κ2) is 5.97. The maximum Gasteiger partial charge on any atom is 0.321 e. The third-order valence-electron chi connectivity index (χ3n) is 3.92. The molecule has 1 aromatic carbocycles. The Hall–Kier alpha value is -3.29. The molecule has 1 aliphatic rings. The number of aryl methyl sites for hydroxylation is 1. The summed E-state index contributed by atoms with van der Waals surface area (Å²) in [5, 5.41) is 6.59. The fraction of sp³-hybridized carbons (Fsp3) is 0.176. The van der Waals surface area contributed by atoms with Crippen molar-refractivity contribution < 1.29 is 13.7 Å². The maximum atomic E-state index is 14.3. The van der Waals surface area contributed by atoms with Gasteiger partial charge in [-0.3, -0.25) is 9.88 Å². The minimum Gasteiger partial charge on any atom is -0.336 e. The van der Waals surface area contributed by atoms with Crippen LogP contribution < -0.4 is 10.2 Å². The number of amides is 2. The largest absolute Gasteiger partial charge is 0.336 e. The molecule has 126 valence electrons. The Labute approximate surface area is 142 Å². The van der Waals surface area contributed by atoms with Gasteiger partial charge in [0.05, 0.1) is 5.56 Å². The molecule has 2 amide bonds. The van der Waals surface area contributed by atoms with E-state index in [1.165, 1.54) is 17.0 Å². The number of nitrogens with zero attached hydrogens (tertiary/aromatic N) is 4. The number of benzene rings is 1. The molecule has 0 radical (unpaired) electrons. The number of urea groups is 1. The highest BCUT2D eigenvalue weighted by molar-refractivity contribution is 5.94. The number of halogens is 1. The standard InChI is InChI=1S/C17H14FN5O2/c1-10-4-5-19-14(8-10)15-21-16(25-22-15)12-9-11(2-3-13(12)18)23-7-6-20-17(23)24/h2-5,8-9H,6-7H2,1H3,(H,20,24). The summed E-state index contributed by atoms with van der Waals surface area (Å²) in [6, 6.07) is 7.81. The Kier molecular flexibility index (Phi) is 3.64. The van der Waals surface area contributed by atoms with Gasteiger partial charge in [0, 0.05) is 25.0 Å². The topological polar surface area (TPSA) is 84.2 Å². The van der Waals surface area contributed by atoms with Crippen LogP contribution in [0.5, 0.6) is 0 Å². The minimum absolute atomic E-state index is 0.0391. The van der Waals surface area contributed by atoms with Gasteiger partial charge in [-0.05, 0) is 42.8 Å². The lowest BCUT2D eigenvalue weighted by Crippen LogP contribution is -2.27. The van der Waals surface area contributed by atoms with E-state index < -0.39 is 5.82 Å². The third kappa shape index (κ3) is 2.82. The van der Waals surface area contributed by atoms with Gasteiger partial charge < -0.3 is 9.84 Å². The van der Waals surface area contributed by atoms with Crippen LogP contribution in [0.2, 0.25) is 0 Å². The zero-order valence-corrected chi connectivity index (χ0v) is 13.4. The lowest BCUT2D eigenvalue weighted by molar-refractivity contribution is 0.252. The van der Waals surface area contributed by atoms with E-state index >= 15 is 0 Å². The van der Waals surface area contributed by atoms with Gasteiger partial charge in [0.15, 0.2) is 0 Å². The van der Waals surface area contributed by atoms with Gasteiger partial charge in [-0.15, -0.1) is 0 Å². The lowest BCUT2D eigenvalue weighted by atomic mass is 10.1. The number of rotatable bonds is 3. The molecule has 8 heteroatoms. The number of nitrogens with one attached hydrogen (secondary N) is 1. The number of carbonyl (C=O) groups is 1. The van der Waals surface area contributed by atoms with Gasteiger partial charge in [0.25, 0.3) is 5.89 Å². The average Bonchev–Trinajstić information content (AvgIpc) is 3.25. The Morgan fingerprint density at radius 1 is 1.28 bits per heavy atom. The molecule has 3 heterocycles. The highest BCUT2D eigenvalue weighted by atomic mass is 19.1. The van der Waals surface area contributed by atoms with Crippen LogP contribution in [0.1, 0.15) is 5.56 Å². The Morgan fingerprint density at radius 2 is 2.16 bits per heavy atom. The molecule has 0 aliphatic carbocycles. The minimum atomic E-state index is -0.504. The van der Waals surface area contributed by atoms with E-state index in [1.54, 1.807) is 12.3 Å². The molecule has 4 rings (SSSR count). The molecule has 0 bridgehead atoms. The molecule has 1 saturated heterocycles. The fourth-order valence-corrected chi connectivity index (χ4v) is 2.66. The number of anilines is 1. The van der Waals surface area contributed by atoms with Crippen LogP contribution in [0.15, 0.2) is 41.1 Å². The summed E-state index contributed by atoms with van der Waals surface area (Å²) in [5.74, 6) is -0.185. The van der Waals surface area contributed by atoms with Gasteiger partial charge >= 0.3 is 6.03 Å². The first-order valence-corrected chi connectivity index (χ1v) is 7.74. The van der Waals surface area contributed by atoms with Gasteiger partial charge in [-0.1, -0.05) is 5.16 Å². The monoisotopic (exact) mass is 339 g/mol. The van der Waals surface area contributed by atoms with Crippen molar-refractivity contribution in [2.24, 2.45) is 0 Å². The lowest BCUT2D eigenvalue weighted by Gasteiger charge is -2.14. The van der Waals surface area contributed by atoms with E-state index in [2.05, 4.69) is 20.4 Å². The number of hydrogen-bond acceptors (Lipinski definition) is 5. The van der Waals surface area contributed by atoms with Gasteiger partial charge in [-0.25, -0.2) is 9.18 Å². The predicted octanol–water partition coefficient (Wildman–Crippen LogP) is 2.78. The van der Waals surface area contributed by atoms with E-state index in [-0.39, 0.29) is 23.3 Å². The first-order valence-electron chi connectivity index (χ1n) is 7.74. The number of carbonyl (C=O) groups excluding carboxylic acids is 1. The van der Waals surface area contributed by atoms with Crippen LogP contribution in [0, 0.1) is 12.7 Å². The van der Waals surface area contributed by atoms with Crippen molar-refractivity contribution in [2.45, 2.75) is 6.92 Å². The Morgan fingerprint density at radius 3 is 2.92 bits per heavy atom. The van der Waals surface area contributed by atoms with Crippen molar-refractivity contribution in [3.8, 4) is 23.0 Å². The molecule has 3 aromatic rings. The Balaban J connectivity index is 1.71. The predicted molar refractivity (Wildman–Crippen MR) is 88.4 cm³/mol. The summed E-state index contributed by atoms with van der Waals surface area (Å²) in [7, 11) is 0. The first kappa shape index (κ1) is 15.3. The second-order valence-electron chi connectivity index (χ2n) is 5.69. The average molecular weight is 339 g/mol. The Bertz CT molecular complexity index is 956. The SMILES string of the molecule is Cc1ccnc(-c2noc(-c3cc(N4CCNC4=O)ccc3F)n2)c1. The molecule has 1 aliphatic heterocycles. The smallest absolute Gasteiger partial charge is 0.321 e. The van der Waals surface area contributed by atoms with Crippen LogP contribution in [0.4, 0.5) is 14.9 Å². The van der Waals surface area contributed by atoms with E-state index in [0.717, 1.165) is 5.56 Å². The van der Waals surface area contributed by atoms with Crippen molar-refractivity contribution in [3.63, 3.8) is 0 Å². The van der Waals surface area contributed by atoms with E-state index in [0.29, 0.717) is 24.5 Å². The summed E-state index contributed by atoms with van der Waals surface area (Å²) in [4.78, 5) is 21.7. The molecule has 0 spiro atoms. The van der Waals surface area contributed by atoms with E-state index in [9.17, 15) is 9.18 Å². The summed E-state index contributed by atoms with van der Waals surface area (Å²) in [6.07, 6.45) is 1.65. The molecule has 0 unspecified atom stereocenters. The molecular weight excluding hydrogens is 325 g/mol. The van der Waals surface area contributed by atoms with Gasteiger partial charge in [0.1, 0.15) is 11.5 Å². The quantitative estimate of drug-likeness (QED) is 0.793. The second-order valence-corrected chi connectivity index (χ2v) is 5.69.